The first kappa shape index (κ1) is 27.7. The average Bonchev–Trinajstić information content (AvgIpc) is 3.71. The summed E-state index contributed by atoms with van der Waals surface area (Å²) >= 11 is 0. The molecule has 0 radical (unpaired) electrons. The van der Waals surface area contributed by atoms with Crippen molar-refractivity contribution in [1.29, 1.82) is 0 Å². The SMILES string of the molecule is O=C1CCC2(O)[C@H]3Cc4ccc(C(=O)NCCc5ccc(-c6ccc7c(c6)OCO7)cc5)c(O)c4[C@@]2(CCN3CC2CC2)C1. The molecular weight excluding hydrogens is 556 g/mol. The van der Waals surface area contributed by atoms with E-state index >= 15 is 0 Å². The molecule has 3 aromatic rings. The Hall–Kier alpha value is -3.88. The van der Waals surface area contributed by atoms with E-state index in [1.807, 2.05) is 24.3 Å². The van der Waals surface area contributed by atoms with Crippen molar-refractivity contribution in [3.8, 4) is 28.4 Å². The first-order valence-electron chi connectivity index (χ1n) is 16.0. The summed E-state index contributed by atoms with van der Waals surface area (Å²) in [5, 5.41) is 27.0. The van der Waals surface area contributed by atoms with Crippen LogP contribution >= 0.6 is 0 Å². The van der Waals surface area contributed by atoms with Crippen molar-refractivity contribution in [2.24, 2.45) is 5.92 Å². The van der Waals surface area contributed by atoms with Crippen LogP contribution < -0.4 is 14.8 Å². The Balaban J connectivity index is 0.991. The summed E-state index contributed by atoms with van der Waals surface area (Å²) in [6.07, 6.45) is 5.32. The topological polar surface area (TPSA) is 108 Å². The van der Waals surface area contributed by atoms with Crippen LogP contribution in [0.4, 0.5) is 0 Å². The van der Waals surface area contributed by atoms with Crippen LogP contribution in [0.15, 0.2) is 54.6 Å². The maximum atomic E-state index is 13.4. The molecule has 2 bridgehead atoms. The van der Waals surface area contributed by atoms with Gasteiger partial charge in [-0.25, -0.2) is 0 Å². The highest BCUT2D eigenvalue weighted by atomic mass is 16.7. The number of ether oxygens (including phenoxy) is 2. The Morgan fingerprint density at radius 2 is 1.80 bits per heavy atom. The van der Waals surface area contributed by atoms with Gasteiger partial charge in [-0.1, -0.05) is 36.4 Å². The third-order valence-corrected chi connectivity index (χ3v) is 10.9. The van der Waals surface area contributed by atoms with Crippen LogP contribution in [0.3, 0.4) is 0 Å². The van der Waals surface area contributed by atoms with Gasteiger partial charge in [0.2, 0.25) is 6.79 Å². The fourth-order valence-electron chi connectivity index (χ4n) is 8.39. The lowest BCUT2D eigenvalue weighted by molar-refractivity contribution is -0.173. The molecular formula is C36H38N2O6. The van der Waals surface area contributed by atoms with E-state index < -0.39 is 11.0 Å². The van der Waals surface area contributed by atoms with Gasteiger partial charge in [-0.3, -0.25) is 14.5 Å². The number of hydrogen-bond donors (Lipinski definition) is 3. The number of benzene rings is 3. The van der Waals surface area contributed by atoms with Gasteiger partial charge in [0.1, 0.15) is 11.5 Å². The number of nitrogens with zero attached hydrogens (tertiary/aromatic N) is 1. The second-order valence-electron chi connectivity index (χ2n) is 13.4. The van der Waals surface area contributed by atoms with Gasteiger partial charge in [0, 0.05) is 43.0 Å². The van der Waals surface area contributed by atoms with Crippen molar-refractivity contribution in [3.05, 3.63) is 76.9 Å². The fraction of sp³-hybridized carbons (Fsp3) is 0.444. The van der Waals surface area contributed by atoms with E-state index in [4.69, 9.17) is 9.47 Å². The lowest BCUT2D eigenvalue weighted by Gasteiger charge is -2.63. The maximum absolute atomic E-state index is 13.4. The Morgan fingerprint density at radius 1 is 1.00 bits per heavy atom. The molecule has 228 valence electrons. The number of amides is 1. The predicted molar refractivity (Wildman–Crippen MR) is 164 cm³/mol. The summed E-state index contributed by atoms with van der Waals surface area (Å²) in [4.78, 5) is 28.7. The molecule has 3 fully saturated rings. The third kappa shape index (κ3) is 4.41. The van der Waals surface area contributed by atoms with E-state index in [9.17, 15) is 19.8 Å². The minimum absolute atomic E-state index is 0.0738. The van der Waals surface area contributed by atoms with Gasteiger partial charge in [0.25, 0.3) is 5.91 Å². The van der Waals surface area contributed by atoms with Crippen LogP contribution in [0.25, 0.3) is 11.1 Å². The van der Waals surface area contributed by atoms with E-state index in [0.29, 0.717) is 50.1 Å². The van der Waals surface area contributed by atoms with Crippen LogP contribution in [0.2, 0.25) is 0 Å². The zero-order chi connectivity index (χ0) is 30.1. The summed E-state index contributed by atoms with van der Waals surface area (Å²) < 4.78 is 10.9. The number of phenolic OH excluding ortho intramolecular Hbond substituents is 1. The Labute approximate surface area is 257 Å². The molecule has 3 N–H and O–H groups in total. The van der Waals surface area contributed by atoms with Crippen LogP contribution in [0, 0.1) is 5.92 Å². The number of aliphatic hydroxyl groups is 1. The quantitative estimate of drug-likeness (QED) is 0.369. The molecule has 1 saturated heterocycles. The van der Waals surface area contributed by atoms with Crippen LogP contribution in [0.1, 0.15) is 65.6 Å². The van der Waals surface area contributed by atoms with Crippen molar-refractivity contribution in [1.82, 2.24) is 10.2 Å². The standard InChI is InChI=1S/C36H38N2O6/c39-27-11-13-36(42)31-18-26-7-9-28(33(40)32(26)35(36,19-27)14-16-38(31)20-23-1-2-23)34(41)37-15-12-22-3-5-24(6-4-22)25-8-10-29-30(17-25)44-21-43-29/h3-10,17,23,31,40,42H,1-2,11-16,18-21H2,(H,37,41)/t31-,35-,36?/m1/s1. The molecule has 0 spiro atoms. The summed E-state index contributed by atoms with van der Waals surface area (Å²) in [6, 6.07) is 17.7. The van der Waals surface area contributed by atoms with Crippen molar-refractivity contribution in [2.45, 2.75) is 68.4 Å². The van der Waals surface area contributed by atoms with E-state index in [0.717, 1.165) is 46.8 Å². The molecule has 1 amide bonds. The molecule has 3 atom stereocenters. The molecule has 1 unspecified atom stereocenters. The summed E-state index contributed by atoms with van der Waals surface area (Å²) in [7, 11) is 0. The molecule has 2 saturated carbocycles. The summed E-state index contributed by atoms with van der Waals surface area (Å²) in [5.74, 6) is 1.90. The number of rotatable bonds is 7. The zero-order valence-electron chi connectivity index (χ0n) is 24.8. The number of carbonyl (C=O) groups is 2. The fourth-order valence-corrected chi connectivity index (χ4v) is 8.39. The second-order valence-corrected chi connectivity index (χ2v) is 13.4. The van der Waals surface area contributed by atoms with E-state index in [-0.39, 0.29) is 42.3 Å². The van der Waals surface area contributed by atoms with E-state index in [1.165, 1.54) is 12.8 Å². The maximum Gasteiger partial charge on any atom is 0.255 e. The number of likely N-dealkylation sites (tertiary alicyclic amines) is 1. The molecule has 8 nitrogen and oxygen atoms in total. The lowest BCUT2D eigenvalue weighted by atomic mass is 9.49. The van der Waals surface area contributed by atoms with E-state index in [2.05, 4.69) is 34.5 Å². The largest absolute Gasteiger partial charge is 0.507 e. The molecule has 8 rings (SSSR count). The number of Topliss-reactive ketones (excluding diaryl/α,β-unsaturated/α-hetero) is 1. The van der Waals surface area contributed by atoms with Gasteiger partial charge in [-0.15, -0.1) is 0 Å². The summed E-state index contributed by atoms with van der Waals surface area (Å²) in [5.41, 5.74) is 3.02. The minimum atomic E-state index is -1.10. The van der Waals surface area contributed by atoms with Crippen molar-refractivity contribution in [2.75, 3.05) is 26.4 Å². The zero-order valence-corrected chi connectivity index (χ0v) is 24.8. The van der Waals surface area contributed by atoms with Crippen LogP contribution in [0.5, 0.6) is 17.2 Å². The Kier molecular flexibility index (Phi) is 6.50. The average molecular weight is 595 g/mol. The smallest absolute Gasteiger partial charge is 0.255 e. The first-order valence-corrected chi connectivity index (χ1v) is 16.0. The number of fused-ring (bicyclic) bond motifs is 2. The Morgan fingerprint density at radius 3 is 2.61 bits per heavy atom. The number of carbonyl (C=O) groups excluding carboxylic acids is 2. The highest BCUT2D eigenvalue weighted by molar-refractivity contribution is 5.98. The third-order valence-electron chi connectivity index (χ3n) is 10.9. The van der Waals surface area contributed by atoms with Gasteiger partial charge in [0.15, 0.2) is 11.5 Å². The monoisotopic (exact) mass is 594 g/mol. The molecule has 0 aromatic heterocycles. The minimum Gasteiger partial charge on any atom is -0.507 e. The number of ketones is 1. The van der Waals surface area contributed by atoms with Crippen molar-refractivity contribution in [3.63, 3.8) is 0 Å². The molecule has 2 aliphatic heterocycles. The van der Waals surface area contributed by atoms with Gasteiger partial charge in [-0.2, -0.15) is 0 Å². The highest BCUT2D eigenvalue weighted by Gasteiger charge is 2.65. The number of phenols is 1. The number of nitrogens with one attached hydrogen (secondary N) is 1. The van der Waals surface area contributed by atoms with Crippen molar-refractivity contribution >= 4 is 11.7 Å². The number of piperidine rings is 1. The lowest BCUT2D eigenvalue weighted by Crippen LogP contribution is -2.73. The molecule has 3 aliphatic carbocycles. The molecule has 44 heavy (non-hydrogen) atoms. The Bertz CT molecular complexity index is 1650. The first-order chi connectivity index (χ1) is 21.3. The van der Waals surface area contributed by atoms with E-state index in [1.54, 1.807) is 6.07 Å². The van der Waals surface area contributed by atoms with Gasteiger partial charge in [0.05, 0.1) is 11.2 Å². The van der Waals surface area contributed by atoms with Gasteiger partial charge >= 0.3 is 0 Å². The van der Waals surface area contributed by atoms with Crippen molar-refractivity contribution < 1.29 is 29.3 Å². The second kappa shape index (κ2) is 10.3. The molecule has 5 aliphatic rings. The van der Waals surface area contributed by atoms with Gasteiger partial charge < -0.3 is 25.0 Å². The van der Waals surface area contributed by atoms with Gasteiger partial charge in [-0.05, 0) is 91.4 Å². The highest BCUT2D eigenvalue weighted by Crippen LogP contribution is 2.60. The normalized spacial score (nSPS) is 27.0. The molecule has 8 heteroatoms. The van der Waals surface area contributed by atoms with Crippen LogP contribution in [-0.4, -0.2) is 64.9 Å². The predicted octanol–water partition coefficient (Wildman–Crippen LogP) is 4.52. The number of aromatic hydroxyl groups is 1. The molecule has 3 aromatic carbocycles. The number of hydrogen-bond acceptors (Lipinski definition) is 7. The van der Waals surface area contributed by atoms with Crippen LogP contribution in [-0.2, 0) is 23.1 Å². The molecule has 2 heterocycles. The summed E-state index contributed by atoms with van der Waals surface area (Å²) in [6.45, 7) is 2.43.